The lowest BCUT2D eigenvalue weighted by Crippen LogP contribution is -2.42. The number of nitrogens with two attached hydrogens (primary N) is 1. The van der Waals surface area contributed by atoms with Gasteiger partial charge in [0.05, 0.1) is 11.8 Å². The van der Waals surface area contributed by atoms with Crippen LogP contribution < -0.4 is 5.73 Å². The van der Waals surface area contributed by atoms with Crippen LogP contribution in [0.3, 0.4) is 0 Å². The highest BCUT2D eigenvalue weighted by atomic mass is 32.2. The normalized spacial score (nSPS) is 13.0. The van der Waals surface area contributed by atoms with Crippen LogP contribution in [0, 0.1) is 0 Å². The van der Waals surface area contributed by atoms with Crippen molar-refractivity contribution in [1.82, 2.24) is 9.88 Å². The number of likely N-dealkylation sites (N-methyl/N-ethyl adjacent to an activating group) is 1. The maximum absolute atomic E-state index is 12.0. The summed E-state index contributed by atoms with van der Waals surface area (Å²) in [6, 6.07) is 2.83. The van der Waals surface area contributed by atoms with Gasteiger partial charge in [-0.3, -0.25) is 9.78 Å². The van der Waals surface area contributed by atoms with Crippen molar-refractivity contribution >= 4 is 15.7 Å². The van der Waals surface area contributed by atoms with Crippen LogP contribution in [0.25, 0.3) is 0 Å². The molecule has 106 valence electrons. The van der Waals surface area contributed by atoms with Crippen LogP contribution in [-0.2, 0) is 21.2 Å². The second kappa shape index (κ2) is 6.63. The van der Waals surface area contributed by atoms with E-state index in [1.54, 1.807) is 19.4 Å². The van der Waals surface area contributed by atoms with E-state index in [2.05, 4.69) is 4.98 Å². The van der Waals surface area contributed by atoms with Crippen molar-refractivity contribution in [3.63, 3.8) is 0 Å². The van der Waals surface area contributed by atoms with Gasteiger partial charge in [-0.25, -0.2) is 8.42 Å². The highest BCUT2D eigenvalue weighted by Crippen LogP contribution is 2.04. The number of rotatable bonds is 6. The van der Waals surface area contributed by atoms with E-state index < -0.39 is 15.9 Å². The molecule has 0 fully saturated rings. The Morgan fingerprint density at radius 3 is 2.53 bits per heavy atom. The summed E-state index contributed by atoms with van der Waals surface area (Å²) < 4.78 is 22.1. The molecule has 19 heavy (non-hydrogen) atoms. The zero-order valence-electron chi connectivity index (χ0n) is 11.1. The molecule has 0 bridgehead atoms. The first kappa shape index (κ1) is 15.6. The molecule has 0 aliphatic heterocycles. The van der Waals surface area contributed by atoms with Crippen molar-refractivity contribution in [2.45, 2.75) is 19.0 Å². The van der Waals surface area contributed by atoms with Crippen molar-refractivity contribution in [2.75, 3.05) is 19.1 Å². The van der Waals surface area contributed by atoms with E-state index >= 15 is 0 Å². The fourth-order valence-electron chi connectivity index (χ4n) is 1.59. The number of sulfone groups is 1. The molecule has 0 aromatic carbocycles. The second-order valence-electron chi connectivity index (χ2n) is 4.57. The van der Waals surface area contributed by atoms with Crippen LogP contribution in [0.4, 0.5) is 0 Å². The van der Waals surface area contributed by atoms with E-state index in [-0.39, 0.29) is 18.1 Å². The molecule has 0 aliphatic rings. The lowest BCUT2D eigenvalue weighted by molar-refractivity contribution is -0.131. The molecule has 0 saturated carbocycles. The molecule has 0 saturated heterocycles. The smallest absolute Gasteiger partial charge is 0.239 e. The number of hydrogen-bond acceptors (Lipinski definition) is 5. The summed E-state index contributed by atoms with van der Waals surface area (Å²) in [4.78, 5) is 17.3. The molecule has 1 heterocycles. The summed E-state index contributed by atoms with van der Waals surface area (Å²) in [5, 5.41) is 0. The maximum atomic E-state index is 12.0. The topological polar surface area (TPSA) is 93.4 Å². The minimum absolute atomic E-state index is 0.0804. The standard InChI is InChI=1S/C12H19N3O3S/c1-15(9-10-3-6-14-7-4-10)12(16)11(13)5-8-19(2,17)18/h3-4,6-7,11H,5,8-9,13H2,1-2H3. The second-order valence-corrected chi connectivity index (χ2v) is 6.83. The van der Waals surface area contributed by atoms with Crippen LogP contribution in [0.5, 0.6) is 0 Å². The van der Waals surface area contributed by atoms with Gasteiger partial charge in [0.2, 0.25) is 5.91 Å². The third-order valence-electron chi connectivity index (χ3n) is 2.66. The fraction of sp³-hybridized carbons (Fsp3) is 0.500. The van der Waals surface area contributed by atoms with E-state index in [0.29, 0.717) is 6.54 Å². The van der Waals surface area contributed by atoms with Crippen LogP contribution in [0.15, 0.2) is 24.5 Å². The summed E-state index contributed by atoms with van der Waals surface area (Å²) in [5.74, 6) is -0.344. The van der Waals surface area contributed by atoms with E-state index in [1.807, 2.05) is 12.1 Å². The molecule has 1 aromatic heterocycles. The number of aromatic nitrogens is 1. The third kappa shape index (κ3) is 5.80. The zero-order valence-corrected chi connectivity index (χ0v) is 11.9. The SMILES string of the molecule is CN(Cc1ccncc1)C(=O)C(N)CCS(C)(=O)=O. The average Bonchev–Trinajstić information content (AvgIpc) is 2.35. The summed E-state index contributed by atoms with van der Waals surface area (Å²) in [5.41, 5.74) is 6.66. The first-order chi connectivity index (χ1) is 8.79. The van der Waals surface area contributed by atoms with Gasteiger partial charge in [-0.2, -0.15) is 0 Å². The lowest BCUT2D eigenvalue weighted by Gasteiger charge is -2.21. The highest BCUT2D eigenvalue weighted by Gasteiger charge is 2.19. The van der Waals surface area contributed by atoms with Crippen LogP contribution >= 0.6 is 0 Å². The average molecular weight is 285 g/mol. The number of pyridine rings is 1. The van der Waals surface area contributed by atoms with Crippen LogP contribution in [0.1, 0.15) is 12.0 Å². The molecule has 1 amide bonds. The molecule has 0 spiro atoms. The Bertz CT molecular complexity index is 516. The Morgan fingerprint density at radius 1 is 1.42 bits per heavy atom. The van der Waals surface area contributed by atoms with Crippen molar-refractivity contribution in [2.24, 2.45) is 5.73 Å². The largest absolute Gasteiger partial charge is 0.340 e. The Balaban J connectivity index is 2.52. The van der Waals surface area contributed by atoms with Gasteiger partial charge in [-0.15, -0.1) is 0 Å². The molecule has 1 aromatic rings. The maximum Gasteiger partial charge on any atom is 0.239 e. The molecule has 0 radical (unpaired) electrons. The molecule has 0 aliphatic carbocycles. The van der Waals surface area contributed by atoms with Crippen molar-refractivity contribution in [3.8, 4) is 0 Å². The van der Waals surface area contributed by atoms with Gasteiger partial charge in [-0.05, 0) is 24.1 Å². The van der Waals surface area contributed by atoms with Gasteiger partial charge in [0.15, 0.2) is 0 Å². The minimum atomic E-state index is -3.10. The molecular weight excluding hydrogens is 266 g/mol. The lowest BCUT2D eigenvalue weighted by atomic mass is 10.2. The number of nitrogens with zero attached hydrogens (tertiary/aromatic N) is 2. The Morgan fingerprint density at radius 2 is 2.00 bits per heavy atom. The number of hydrogen-bond donors (Lipinski definition) is 1. The van der Waals surface area contributed by atoms with Gasteiger partial charge in [0.1, 0.15) is 9.84 Å². The minimum Gasteiger partial charge on any atom is -0.340 e. The van der Waals surface area contributed by atoms with Gasteiger partial charge in [0, 0.05) is 32.2 Å². The van der Waals surface area contributed by atoms with Crippen LogP contribution in [-0.4, -0.2) is 49.3 Å². The van der Waals surface area contributed by atoms with Gasteiger partial charge < -0.3 is 10.6 Å². The molecular formula is C12H19N3O3S. The molecule has 2 N–H and O–H groups in total. The predicted molar refractivity (Wildman–Crippen MR) is 73.0 cm³/mol. The van der Waals surface area contributed by atoms with E-state index in [1.165, 1.54) is 4.90 Å². The first-order valence-corrected chi connectivity index (χ1v) is 7.93. The summed E-state index contributed by atoms with van der Waals surface area (Å²) in [7, 11) is -1.45. The first-order valence-electron chi connectivity index (χ1n) is 5.87. The monoisotopic (exact) mass is 285 g/mol. The molecule has 6 nitrogen and oxygen atoms in total. The molecule has 7 heteroatoms. The summed E-state index contributed by atoms with van der Waals surface area (Å²) >= 11 is 0. The summed E-state index contributed by atoms with van der Waals surface area (Å²) in [6.45, 7) is 0.425. The number of carbonyl (C=O) groups excluding carboxylic acids is 1. The fourth-order valence-corrected chi connectivity index (χ4v) is 2.27. The number of carbonyl (C=O) groups is 1. The van der Waals surface area contributed by atoms with Crippen molar-refractivity contribution in [3.05, 3.63) is 30.1 Å². The van der Waals surface area contributed by atoms with Gasteiger partial charge in [-0.1, -0.05) is 0 Å². The highest BCUT2D eigenvalue weighted by molar-refractivity contribution is 7.90. The Labute approximate surface area is 113 Å². The molecule has 1 rings (SSSR count). The Kier molecular flexibility index (Phi) is 5.44. The zero-order chi connectivity index (χ0) is 14.5. The molecule has 1 unspecified atom stereocenters. The van der Waals surface area contributed by atoms with E-state index in [4.69, 9.17) is 5.73 Å². The van der Waals surface area contributed by atoms with E-state index in [0.717, 1.165) is 11.8 Å². The predicted octanol–water partition coefficient (Wildman–Crippen LogP) is -0.198. The summed E-state index contributed by atoms with van der Waals surface area (Å²) in [6.07, 6.45) is 4.57. The van der Waals surface area contributed by atoms with Gasteiger partial charge in [0.25, 0.3) is 0 Å². The number of amides is 1. The third-order valence-corrected chi connectivity index (χ3v) is 3.64. The quantitative estimate of drug-likeness (QED) is 0.781. The van der Waals surface area contributed by atoms with Gasteiger partial charge >= 0.3 is 0 Å². The Hall–Kier alpha value is -1.47. The van der Waals surface area contributed by atoms with Crippen molar-refractivity contribution in [1.29, 1.82) is 0 Å². The van der Waals surface area contributed by atoms with Crippen LogP contribution in [0.2, 0.25) is 0 Å². The molecule has 1 atom stereocenters. The van der Waals surface area contributed by atoms with Crippen molar-refractivity contribution < 1.29 is 13.2 Å². The van der Waals surface area contributed by atoms with E-state index in [9.17, 15) is 13.2 Å².